The van der Waals surface area contributed by atoms with Crippen LogP contribution in [-0.4, -0.2) is 12.2 Å². The first-order valence-electron chi connectivity index (χ1n) is 3.72. The van der Waals surface area contributed by atoms with Gasteiger partial charge in [-0.25, -0.2) is 0 Å². The summed E-state index contributed by atoms with van der Waals surface area (Å²) in [5.74, 6) is 0.672. The third kappa shape index (κ3) is 1.66. The van der Waals surface area contributed by atoms with E-state index >= 15 is 0 Å². The molecule has 2 atom stereocenters. The lowest BCUT2D eigenvalue weighted by Crippen LogP contribution is -2.25. The zero-order valence-electron chi connectivity index (χ0n) is 6.76. The lowest BCUT2D eigenvalue weighted by atomic mass is 10.2. The van der Waals surface area contributed by atoms with Gasteiger partial charge in [-0.15, -0.1) is 0 Å². The number of rotatable bonds is 0. The van der Waals surface area contributed by atoms with E-state index < -0.39 is 0 Å². The fourth-order valence-corrected chi connectivity index (χ4v) is 1.12. The van der Waals surface area contributed by atoms with Gasteiger partial charge in [0.1, 0.15) is 12.2 Å². The molecule has 0 aliphatic carbocycles. The molecule has 0 aromatic heterocycles. The highest BCUT2D eigenvalue weighted by atomic mass is 16.7. The third-order valence-corrected chi connectivity index (χ3v) is 1.53. The quantitative estimate of drug-likeness (QED) is 0.515. The summed E-state index contributed by atoms with van der Waals surface area (Å²) in [6.07, 6.45) is 3.44. The molecule has 0 radical (unpaired) electrons. The third-order valence-electron chi connectivity index (χ3n) is 1.53. The van der Waals surface area contributed by atoms with Crippen LogP contribution in [-0.2, 0) is 9.47 Å². The summed E-state index contributed by atoms with van der Waals surface area (Å²) >= 11 is 0. The first-order chi connectivity index (χ1) is 4.72. The van der Waals surface area contributed by atoms with Crippen LogP contribution in [0.5, 0.6) is 0 Å². The Morgan fingerprint density at radius 3 is 2.20 bits per heavy atom. The van der Waals surface area contributed by atoms with Crippen LogP contribution in [0.25, 0.3) is 0 Å². The molecule has 1 aliphatic rings. The molecule has 0 aromatic rings. The lowest BCUT2D eigenvalue weighted by molar-refractivity contribution is -0.0922. The monoisotopic (exact) mass is 142 g/mol. The standard InChI is InChI=1S/C8H14O2/c1-4-8-9-6(2)5-7(3)10-8/h4,6-7H,5H2,1-3H3. The first kappa shape index (κ1) is 7.45. The molecule has 0 N–H and O–H groups in total. The van der Waals surface area contributed by atoms with Crippen molar-refractivity contribution in [3.63, 3.8) is 0 Å². The molecular formula is C8H14O2. The van der Waals surface area contributed by atoms with E-state index in [1.165, 1.54) is 0 Å². The van der Waals surface area contributed by atoms with Crippen LogP contribution in [0.4, 0.5) is 0 Å². The highest BCUT2D eigenvalue weighted by molar-refractivity contribution is 4.85. The van der Waals surface area contributed by atoms with Crippen LogP contribution in [0.2, 0.25) is 0 Å². The Kier molecular flexibility index (Phi) is 2.20. The van der Waals surface area contributed by atoms with Gasteiger partial charge in [0, 0.05) is 6.42 Å². The Bertz CT molecular complexity index is 128. The van der Waals surface area contributed by atoms with Crippen LogP contribution >= 0.6 is 0 Å². The van der Waals surface area contributed by atoms with Crippen LogP contribution in [0.1, 0.15) is 27.2 Å². The molecule has 1 heterocycles. The second-order valence-electron chi connectivity index (χ2n) is 2.70. The molecule has 58 valence electrons. The SMILES string of the molecule is CC=C1OC(C)CC(C)O1. The van der Waals surface area contributed by atoms with Gasteiger partial charge >= 0.3 is 0 Å². The van der Waals surface area contributed by atoms with Crippen molar-refractivity contribution in [2.24, 2.45) is 0 Å². The molecule has 2 heteroatoms. The van der Waals surface area contributed by atoms with Crippen molar-refractivity contribution in [1.82, 2.24) is 0 Å². The lowest BCUT2D eigenvalue weighted by Gasteiger charge is -2.28. The molecule has 0 saturated carbocycles. The summed E-state index contributed by atoms with van der Waals surface area (Å²) in [7, 11) is 0. The van der Waals surface area contributed by atoms with Gasteiger partial charge in [0.05, 0.1) is 0 Å². The summed E-state index contributed by atoms with van der Waals surface area (Å²) in [5, 5.41) is 0. The van der Waals surface area contributed by atoms with E-state index in [0.717, 1.165) is 6.42 Å². The Hall–Kier alpha value is -0.660. The number of ether oxygens (including phenoxy) is 2. The Morgan fingerprint density at radius 1 is 1.30 bits per heavy atom. The van der Waals surface area contributed by atoms with Crippen molar-refractivity contribution >= 4 is 0 Å². The summed E-state index contributed by atoms with van der Waals surface area (Å²) in [6.45, 7) is 6.03. The molecule has 2 nitrogen and oxygen atoms in total. The topological polar surface area (TPSA) is 18.5 Å². The van der Waals surface area contributed by atoms with Gasteiger partial charge in [0.15, 0.2) is 0 Å². The Balaban J connectivity index is 2.51. The molecule has 2 unspecified atom stereocenters. The predicted molar refractivity (Wildman–Crippen MR) is 39.5 cm³/mol. The second kappa shape index (κ2) is 2.95. The molecule has 0 aromatic carbocycles. The Morgan fingerprint density at radius 2 is 1.80 bits per heavy atom. The molecule has 1 aliphatic heterocycles. The van der Waals surface area contributed by atoms with E-state index in [1.807, 2.05) is 13.0 Å². The van der Waals surface area contributed by atoms with E-state index in [9.17, 15) is 0 Å². The van der Waals surface area contributed by atoms with Gasteiger partial charge in [0.25, 0.3) is 5.95 Å². The molecule has 0 spiro atoms. The molecule has 0 bridgehead atoms. The van der Waals surface area contributed by atoms with Crippen molar-refractivity contribution in [2.45, 2.75) is 39.4 Å². The Labute approximate surface area is 61.8 Å². The van der Waals surface area contributed by atoms with E-state index in [-0.39, 0.29) is 0 Å². The van der Waals surface area contributed by atoms with Crippen LogP contribution in [0.3, 0.4) is 0 Å². The number of hydrogen-bond donors (Lipinski definition) is 0. The fraction of sp³-hybridized carbons (Fsp3) is 0.750. The van der Waals surface area contributed by atoms with Crippen LogP contribution in [0.15, 0.2) is 12.0 Å². The minimum atomic E-state index is 0.301. The van der Waals surface area contributed by atoms with Gasteiger partial charge in [-0.1, -0.05) is 0 Å². The van der Waals surface area contributed by atoms with Crippen molar-refractivity contribution < 1.29 is 9.47 Å². The van der Waals surface area contributed by atoms with Crippen molar-refractivity contribution in [1.29, 1.82) is 0 Å². The normalized spacial score (nSPS) is 32.5. The average molecular weight is 142 g/mol. The molecule has 1 saturated heterocycles. The average Bonchev–Trinajstić information content (AvgIpc) is 1.85. The maximum atomic E-state index is 5.34. The van der Waals surface area contributed by atoms with E-state index in [0.29, 0.717) is 18.2 Å². The number of hydrogen-bond acceptors (Lipinski definition) is 2. The van der Waals surface area contributed by atoms with Crippen molar-refractivity contribution in [3.8, 4) is 0 Å². The first-order valence-corrected chi connectivity index (χ1v) is 3.72. The van der Waals surface area contributed by atoms with Crippen LogP contribution < -0.4 is 0 Å². The van der Waals surface area contributed by atoms with Gasteiger partial charge in [-0.3, -0.25) is 0 Å². The van der Waals surface area contributed by atoms with Gasteiger partial charge in [0.2, 0.25) is 0 Å². The van der Waals surface area contributed by atoms with Gasteiger partial charge in [-0.2, -0.15) is 0 Å². The summed E-state index contributed by atoms with van der Waals surface area (Å²) in [5.41, 5.74) is 0. The maximum Gasteiger partial charge on any atom is 0.275 e. The minimum absolute atomic E-state index is 0.301. The highest BCUT2D eigenvalue weighted by Crippen LogP contribution is 2.19. The summed E-state index contributed by atoms with van der Waals surface area (Å²) in [4.78, 5) is 0. The number of allylic oxidation sites excluding steroid dienone is 1. The van der Waals surface area contributed by atoms with Crippen LogP contribution in [0, 0.1) is 0 Å². The largest absolute Gasteiger partial charge is 0.463 e. The minimum Gasteiger partial charge on any atom is -0.463 e. The summed E-state index contributed by atoms with van der Waals surface area (Å²) in [6, 6.07) is 0. The second-order valence-corrected chi connectivity index (χ2v) is 2.70. The highest BCUT2D eigenvalue weighted by Gasteiger charge is 2.19. The summed E-state index contributed by atoms with van der Waals surface area (Å²) < 4.78 is 10.7. The molecular weight excluding hydrogens is 128 g/mol. The van der Waals surface area contributed by atoms with E-state index in [2.05, 4.69) is 13.8 Å². The molecule has 10 heavy (non-hydrogen) atoms. The zero-order chi connectivity index (χ0) is 7.56. The van der Waals surface area contributed by atoms with Crippen molar-refractivity contribution in [3.05, 3.63) is 12.0 Å². The predicted octanol–water partition coefficient (Wildman–Crippen LogP) is 2.06. The molecule has 1 rings (SSSR count). The van der Waals surface area contributed by atoms with Gasteiger partial charge in [-0.05, 0) is 26.8 Å². The molecule has 0 amide bonds. The maximum absolute atomic E-state index is 5.34. The van der Waals surface area contributed by atoms with Gasteiger partial charge < -0.3 is 9.47 Å². The van der Waals surface area contributed by atoms with Crippen molar-refractivity contribution in [2.75, 3.05) is 0 Å². The van der Waals surface area contributed by atoms with E-state index in [4.69, 9.17) is 9.47 Å². The fourth-order valence-electron chi connectivity index (χ4n) is 1.12. The van der Waals surface area contributed by atoms with E-state index in [1.54, 1.807) is 0 Å². The molecule has 1 fully saturated rings. The smallest absolute Gasteiger partial charge is 0.275 e. The zero-order valence-corrected chi connectivity index (χ0v) is 6.76.